The van der Waals surface area contributed by atoms with Gasteiger partial charge in [0.05, 0.1) is 12.1 Å². The lowest BCUT2D eigenvalue weighted by Crippen LogP contribution is -2.36. The Morgan fingerprint density at radius 3 is 2.83 bits per heavy atom. The number of hydrogen-bond acceptors (Lipinski definition) is 3. The summed E-state index contributed by atoms with van der Waals surface area (Å²) in [6.07, 6.45) is 2.63. The molecule has 1 aromatic heterocycles. The topological polar surface area (TPSA) is 21.3 Å². The Bertz CT molecular complexity index is 686. The SMILES string of the molecule is CC(C)(C)c1ccc2c(c1)[C@@H]1OCCC[C@@H]1[C@@H](c1ccsc1)N2. The van der Waals surface area contributed by atoms with Crippen molar-refractivity contribution < 1.29 is 4.74 Å². The van der Waals surface area contributed by atoms with E-state index >= 15 is 0 Å². The number of hydrogen-bond donors (Lipinski definition) is 1. The van der Waals surface area contributed by atoms with Crippen LogP contribution in [0.15, 0.2) is 35.0 Å². The van der Waals surface area contributed by atoms with Gasteiger partial charge in [-0.3, -0.25) is 0 Å². The minimum absolute atomic E-state index is 0.170. The molecule has 2 aliphatic heterocycles. The van der Waals surface area contributed by atoms with Crippen LogP contribution in [0.2, 0.25) is 0 Å². The fourth-order valence-electron chi connectivity index (χ4n) is 3.92. The molecule has 1 N–H and O–H groups in total. The molecule has 4 rings (SSSR count). The van der Waals surface area contributed by atoms with Crippen molar-refractivity contribution in [3.8, 4) is 0 Å². The van der Waals surface area contributed by atoms with Crippen LogP contribution < -0.4 is 5.32 Å². The van der Waals surface area contributed by atoms with Gasteiger partial charge >= 0.3 is 0 Å². The Kier molecular flexibility index (Phi) is 3.73. The van der Waals surface area contributed by atoms with Crippen LogP contribution in [0.1, 0.15) is 62.4 Å². The fraction of sp³-hybridized carbons (Fsp3) is 0.500. The van der Waals surface area contributed by atoms with Crippen molar-refractivity contribution in [2.24, 2.45) is 5.92 Å². The zero-order valence-electron chi connectivity index (χ0n) is 14.1. The van der Waals surface area contributed by atoms with Gasteiger partial charge < -0.3 is 10.1 Å². The van der Waals surface area contributed by atoms with Gasteiger partial charge in [-0.15, -0.1) is 0 Å². The number of benzene rings is 1. The smallest absolute Gasteiger partial charge is 0.0895 e. The molecule has 2 nitrogen and oxygen atoms in total. The lowest BCUT2D eigenvalue weighted by atomic mass is 9.76. The van der Waals surface area contributed by atoms with Gasteiger partial charge in [-0.2, -0.15) is 11.3 Å². The predicted molar refractivity (Wildman–Crippen MR) is 97.2 cm³/mol. The molecule has 0 aliphatic carbocycles. The molecule has 0 amide bonds. The molecule has 1 aromatic carbocycles. The maximum Gasteiger partial charge on any atom is 0.0895 e. The van der Waals surface area contributed by atoms with Gasteiger partial charge in [0, 0.05) is 23.8 Å². The number of ether oxygens (including phenoxy) is 1. The number of rotatable bonds is 1. The Hall–Kier alpha value is -1.32. The third kappa shape index (κ3) is 2.70. The molecule has 0 bridgehead atoms. The molecule has 23 heavy (non-hydrogen) atoms. The third-order valence-electron chi connectivity index (χ3n) is 5.23. The van der Waals surface area contributed by atoms with Gasteiger partial charge in [-0.25, -0.2) is 0 Å². The molecular formula is C20H25NOS. The van der Waals surface area contributed by atoms with Gasteiger partial charge in [-0.1, -0.05) is 32.9 Å². The molecule has 3 heteroatoms. The highest BCUT2D eigenvalue weighted by Crippen LogP contribution is 2.50. The predicted octanol–water partition coefficient (Wildman–Crippen LogP) is 5.68. The van der Waals surface area contributed by atoms with Crippen LogP contribution in [-0.4, -0.2) is 6.61 Å². The average molecular weight is 327 g/mol. The highest BCUT2D eigenvalue weighted by molar-refractivity contribution is 7.08. The second kappa shape index (κ2) is 5.64. The van der Waals surface area contributed by atoms with Crippen molar-refractivity contribution in [1.29, 1.82) is 0 Å². The van der Waals surface area contributed by atoms with Crippen molar-refractivity contribution >= 4 is 17.0 Å². The zero-order valence-corrected chi connectivity index (χ0v) is 15.0. The summed E-state index contributed by atoms with van der Waals surface area (Å²) in [6, 6.07) is 9.51. The van der Waals surface area contributed by atoms with Crippen LogP contribution in [0, 0.1) is 5.92 Å². The first kappa shape index (κ1) is 15.2. The van der Waals surface area contributed by atoms with E-state index in [-0.39, 0.29) is 11.5 Å². The molecule has 1 saturated heterocycles. The monoisotopic (exact) mass is 327 g/mol. The first-order valence-electron chi connectivity index (χ1n) is 8.59. The number of fused-ring (bicyclic) bond motifs is 3. The second-order valence-electron chi connectivity index (χ2n) is 7.83. The molecule has 2 aromatic rings. The summed E-state index contributed by atoms with van der Waals surface area (Å²) in [6.45, 7) is 7.71. The first-order chi connectivity index (χ1) is 11.0. The van der Waals surface area contributed by atoms with Gasteiger partial charge in [-0.05, 0) is 52.3 Å². The van der Waals surface area contributed by atoms with Crippen molar-refractivity contribution in [3.63, 3.8) is 0 Å². The Morgan fingerprint density at radius 2 is 2.09 bits per heavy atom. The minimum Gasteiger partial charge on any atom is -0.378 e. The van der Waals surface area contributed by atoms with E-state index in [0.29, 0.717) is 12.0 Å². The Balaban J connectivity index is 1.78. The minimum atomic E-state index is 0.170. The summed E-state index contributed by atoms with van der Waals surface area (Å²) in [4.78, 5) is 0. The lowest BCUT2D eigenvalue weighted by molar-refractivity contribution is -0.0381. The molecule has 1 fully saturated rings. The van der Waals surface area contributed by atoms with Crippen LogP contribution in [0.3, 0.4) is 0 Å². The van der Waals surface area contributed by atoms with Crippen LogP contribution in [0.25, 0.3) is 0 Å². The van der Waals surface area contributed by atoms with E-state index in [1.165, 1.54) is 28.8 Å². The Morgan fingerprint density at radius 1 is 1.22 bits per heavy atom. The largest absolute Gasteiger partial charge is 0.378 e. The van der Waals surface area contributed by atoms with Gasteiger partial charge in [0.1, 0.15) is 0 Å². The standard InChI is InChI=1S/C20H25NOS/c1-20(2,3)14-6-7-17-16(11-14)19-15(5-4-9-22-19)18(21-17)13-8-10-23-12-13/h6-8,10-12,15,18-19,21H,4-5,9H2,1-3H3/t15-,18-,19-/m1/s1. The lowest BCUT2D eigenvalue weighted by Gasteiger charge is -2.43. The van der Waals surface area contributed by atoms with E-state index in [9.17, 15) is 0 Å². The highest BCUT2D eigenvalue weighted by atomic mass is 32.1. The van der Waals surface area contributed by atoms with E-state index in [1.807, 2.05) is 0 Å². The molecule has 0 spiro atoms. The van der Waals surface area contributed by atoms with Crippen LogP contribution in [0.4, 0.5) is 5.69 Å². The molecule has 3 atom stereocenters. The molecule has 0 saturated carbocycles. The summed E-state index contributed by atoms with van der Waals surface area (Å²) in [5, 5.41) is 8.25. The number of anilines is 1. The zero-order chi connectivity index (χ0) is 16.0. The van der Waals surface area contributed by atoms with Crippen molar-refractivity contribution in [3.05, 3.63) is 51.7 Å². The van der Waals surface area contributed by atoms with Crippen LogP contribution in [0.5, 0.6) is 0 Å². The van der Waals surface area contributed by atoms with E-state index in [0.717, 1.165) is 13.0 Å². The highest BCUT2D eigenvalue weighted by Gasteiger charge is 2.40. The van der Waals surface area contributed by atoms with Crippen molar-refractivity contribution in [2.45, 2.75) is 51.2 Å². The number of thiophene rings is 1. The number of nitrogens with one attached hydrogen (secondary N) is 1. The summed E-state index contributed by atoms with van der Waals surface area (Å²) in [5.41, 5.74) is 5.57. The molecular weight excluding hydrogens is 302 g/mol. The molecule has 3 heterocycles. The summed E-state index contributed by atoms with van der Waals surface area (Å²) in [7, 11) is 0. The van der Waals surface area contributed by atoms with Gasteiger partial charge in [0.25, 0.3) is 0 Å². The summed E-state index contributed by atoms with van der Waals surface area (Å²) in [5.74, 6) is 0.529. The van der Waals surface area contributed by atoms with Crippen molar-refractivity contribution in [1.82, 2.24) is 0 Å². The maximum atomic E-state index is 6.27. The van der Waals surface area contributed by atoms with E-state index < -0.39 is 0 Å². The van der Waals surface area contributed by atoms with Gasteiger partial charge in [0.15, 0.2) is 0 Å². The third-order valence-corrected chi connectivity index (χ3v) is 5.94. The van der Waals surface area contributed by atoms with Gasteiger partial charge in [0.2, 0.25) is 0 Å². The normalized spacial score (nSPS) is 27.0. The van der Waals surface area contributed by atoms with Crippen LogP contribution in [-0.2, 0) is 10.2 Å². The summed E-state index contributed by atoms with van der Waals surface area (Å²) < 4.78 is 6.27. The first-order valence-corrected chi connectivity index (χ1v) is 9.53. The summed E-state index contributed by atoms with van der Waals surface area (Å²) >= 11 is 1.78. The second-order valence-corrected chi connectivity index (χ2v) is 8.61. The Labute approximate surface area is 142 Å². The molecule has 2 aliphatic rings. The van der Waals surface area contributed by atoms with E-state index in [2.05, 4.69) is 61.1 Å². The molecule has 0 unspecified atom stereocenters. The van der Waals surface area contributed by atoms with E-state index in [1.54, 1.807) is 11.3 Å². The van der Waals surface area contributed by atoms with Crippen molar-refractivity contribution in [2.75, 3.05) is 11.9 Å². The average Bonchev–Trinajstić information content (AvgIpc) is 3.07. The van der Waals surface area contributed by atoms with E-state index in [4.69, 9.17) is 4.74 Å². The maximum absolute atomic E-state index is 6.27. The fourth-order valence-corrected chi connectivity index (χ4v) is 4.62. The van der Waals surface area contributed by atoms with Crippen LogP contribution >= 0.6 is 11.3 Å². The molecule has 0 radical (unpaired) electrons. The quantitative estimate of drug-likeness (QED) is 0.727. The molecule has 122 valence electrons.